The summed E-state index contributed by atoms with van der Waals surface area (Å²) >= 11 is 0. The van der Waals surface area contributed by atoms with Gasteiger partial charge in [0.1, 0.15) is 5.56 Å². The molecule has 0 spiro atoms. The number of anilines is 2. The molecule has 2 aliphatic rings. The number of aryl methyl sites for hydroxylation is 1. The highest BCUT2D eigenvalue weighted by molar-refractivity contribution is 6.05. The lowest BCUT2D eigenvalue weighted by Crippen LogP contribution is -2.47. The third-order valence-corrected chi connectivity index (χ3v) is 6.46. The zero-order chi connectivity index (χ0) is 23.1. The van der Waals surface area contributed by atoms with Gasteiger partial charge in [0.15, 0.2) is 11.5 Å². The number of pyridine rings is 1. The van der Waals surface area contributed by atoms with Gasteiger partial charge in [0.05, 0.1) is 18.0 Å². The summed E-state index contributed by atoms with van der Waals surface area (Å²) in [4.78, 5) is 28.2. The van der Waals surface area contributed by atoms with Crippen molar-refractivity contribution in [2.75, 3.05) is 23.9 Å². The molecular weight excluding hydrogens is 425 g/mol. The van der Waals surface area contributed by atoms with Crippen molar-refractivity contribution >= 4 is 23.2 Å². The molecule has 0 aliphatic carbocycles. The largest absolute Gasteiger partial charge is 0.477 e. The average molecular weight is 454 g/mol. The quantitative estimate of drug-likeness (QED) is 0.592. The second-order valence-electron chi connectivity index (χ2n) is 8.84. The van der Waals surface area contributed by atoms with Crippen LogP contribution in [0.3, 0.4) is 0 Å². The normalized spacial score (nSPS) is 21.9. The molecule has 5 rings (SSSR count). The van der Waals surface area contributed by atoms with Gasteiger partial charge < -0.3 is 24.7 Å². The molecule has 2 saturated heterocycles. The predicted octanol–water partition coefficient (Wildman–Crippen LogP) is 2.94. The van der Waals surface area contributed by atoms with Crippen molar-refractivity contribution in [3.8, 4) is 5.88 Å². The van der Waals surface area contributed by atoms with Gasteiger partial charge in [0.25, 0.3) is 5.91 Å². The summed E-state index contributed by atoms with van der Waals surface area (Å²) in [5, 5.41) is 6.37. The van der Waals surface area contributed by atoms with Crippen LogP contribution in [-0.2, 0) is 0 Å². The Kier molecular flexibility index (Phi) is 5.61. The summed E-state index contributed by atoms with van der Waals surface area (Å²) in [5.41, 5.74) is 1.39. The number of nitrogens with zero attached hydrogens (tertiary/aromatic N) is 5. The summed E-state index contributed by atoms with van der Waals surface area (Å²) in [6.07, 6.45) is 9.31. The maximum atomic E-state index is 14.4. The van der Waals surface area contributed by atoms with Crippen LogP contribution < -0.4 is 20.3 Å². The molecule has 0 saturated carbocycles. The van der Waals surface area contributed by atoms with Gasteiger partial charge in [-0.2, -0.15) is 4.98 Å². The van der Waals surface area contributed by atoms with Gasteiger partial charge in [-0.05, 0) is 39.5 Å². The Morgan fingerprint density at radius 3 is 2.79 bits per heavy atom. The molecule has 2 atom stereocenters. The van der Waals surface area contributed by atoms with Crippen LogP contribution in [0.2, 0.25) is 0 Å². The van der Waals surface area contributed by atoms with Crippen molar-refractivity contribution in [3.05, 3.63) is 41.7 Å². The molecule has 33 heavy (non-hydrogen) atoms. The second-order valence-corrected chi connectivity index (χ2v) is 8.84. The van der Waals surface area contributed by atoms with E-state index in [4.69, 9.17) is 4.74 Å². The van der Waals surface area contributed by atoms with Crippen LogP contribution in [0.15, 0.2) is 24.7 Å². The topological polar surface area (TPSA) is 96.7 Å². The number of carbonyl (C=O) groups excluding carboxylic acids is 1. The molecule has 3 aromatic rings. The Labute approximate surface area is 191 Å². The summed E-state index contributed by atoms with van der Waals surface area (Å²) in [6.45, 7) is 3.97. The fourth-order valence-electron chi connectivity index (χ4n) is 4.88. The Morgan fingerprint density at radius 1 is 1.30 bits per heavy atom. The number of hydrogen-bond acceptors (Lipinski definition) is 7. The molecular formula is C23H28FN7O2. The number of aromatic nitrogens is 4. The maximum absolute atomic E-state index is 14.4. The van der Waals surface area contributed by atoms with E-state index in [0.717, 1.165) is 12.8 Å². The van der Waals surface area contributed by atoms with Crippen LogP contribution in [0.1, 0.15) is 48.7 Å². The minimum absolute atomic E-state index is 0.196. The number of rotatable bonds is 6. The van der Waals surface area contributed by atoms with E-state index in [0.29, 0.717) is 42.1 Å². The standard InChI is InChI=1S/C23H28FN7O2/c1-4-33-22-18(21(32)28-16-9-19(24)20-26-13(2)11-31(20)12-16)10-25-23(29-22)30(3)17-7-14-5-6-15(8-17)27-14/h9-12,14-15,17,27H,4-8H2,1-3H3,(H,28,32). The van der Waals surface area contributed by atoms with Crippen LogP contribution in [0.4, 0.5) is 16.0 Å². The lowest BCUT2D eigenvalue weighted by Gasteiger charge is -2.35. The van der Waals surface area contributed by atoms with Crippen molar-refractivity contribution in [3.63, 3.8) is 0 Å². The first-order chi connectivity index (χ1) is 15.9. The molecule has 2 aliphatic heterocycles. The van der Waals surface area contributed by atoms with Gasteiger partial charge in [-0.15, -0.1) is 0 Å². The van der Waals surface area contributed by atoms with Gasteiger partial charge in [0, 0.05) is 49.8 Å². The molecule has 0 radical (unpaired) electrons. The van der Waals surface area contributed by atoms with E-state index in [1.807, 2.05) is 14.0 Å². The zero-order valence-electron chi connectivity index (χ0n) is 19.0. The molecule has 2 bridgehead atoms. The number of amides is 1. The Bertz CT molecular complexity index is 1190. The summed E-state index contributed by atoms with van der Waals surface area (Å²) in [6, 6.07) is 2.68. The average Bonchev–Trinajstić information content (AvgIpc) is 3.33. The Balaban J connectivity index is 1.38. The van der Waals surface area contributed by atoms with Crippen molar-refractivity contribution in [1.82, 2.24) is 24.7 Å². The van der Waals surface area contributed by atoms with Crippen LogP contribution >= 0.6 is 0 Å². The van der Waals surface area contributed by atoms with E-state index in [9.17, 15) is 9.18 Å². The van der Waals surface area contributed by atoms with E-state index >= 15 is 0 Å². The molecule has 9 nitrogen and oxygen atoms in total. The zero-order valence-corrected chi connectivity index (χ0v) is 19.0. The molecule has 1 amide bonds. The number of halogens is 1. The molecule has 0 aromatic carbocycles. The van der Waals surface area contributed by atoms with Crippen LogP contribution in [0.25, 0.3) is 5.65 Å². The minimum Gasteiger partial charge on any atom is -0.477 e. The third kappa shape index (κ3) is 4.22. The van der Waals surface area contributed by atoms with Gasteiger partial charge in [-0.25, -0.2) is 14.4 Å². The number of fused-ring (bicyclic) bond motifs is 3. The number of imidazole rings is 1. The minimum atomic E-state index is -0.518. The predicted molar refractivity (Wildman–Crippen MR) is 122 cm³/mol. The second kappa shape index (κ2) is 8.58. The first kappa shape index (κ1) is 21.6. The number of carbonyl (C=O) groups is 1. The molecule has 2 N–H and O–H groups in total. The van der Waals surface area contributed by atoms with E-state index < -0.39 is 11.7 Å². The maximum Gasteiger partial charge on any atom is 0.262 e. The Hall–Kier alpha value is -3.27. The van der Waals surface area contributed by atoms with E-state index in [-0.39, 0.29) is 17.1 Å². The van der Waals surface area contributed by atoms with Crippen molar-refractivity contribution in [2.45, 2.75) is 57.7 Å². The van der Waals surface area contributed by atoms with E-state index in [2.05, 4.69) is 30.5 Å². The molecule has 2 unspecified atom stereocenters. The highest BCUT2D eigenvalue weighted by Gasteiger charge is 2.36. The highest BCUT2D eigenvalue weighted by Crippen LogP contribution is 2.31. The summed E-state index contributed by atoms with van der Waals surface area (Å²) in [7, 11) is 1.99. The summed E-state index contributed by atoms with van der Waals surface area (Å²) < 4.78 is 21.6. The summed E-state index contributed by atoms with van der Waals surface area (Å²) in [5.74, 6) is -0.246. The molecule has 174 valence electrons. The van der Waals surface area contributed by atoms with Crippen molar-refractivity contribution in [1.29, 1.82) is 0 Å². The molecule has 2 fully saturated rings. The van der Waals surface area contributed by atoms with Crippen LogP contribution in [0.5, 0.6) is 5.88 Å². The third-order valence-electron chi connectivity index (χ3n) is 6.46. The SMILES string of the molecule is CCOc1nc(N(C)C2CC3CCC(C2)N3)ncc1C(=O)Nc1cc(F)c2nc(C)cn2c1. The van der Waals surface area contributed by atoms with Crippen LogP contribution in [-0.4, -0.2) is 57.0 Å². The molecule has 3 aromatic heterocycles. The first-order valence-corrected chi connectivity index (χ1v) is 11.4. The fraction of sp³-hybridized carbons (Fsp3) is 0.478. The number of ether oxygens (including phenoxy) is 1. The molecule has 5 heterocycles. The number of piperidine rings is 1. The van der Waals surface area contributed by atoms with E-state index in [1.54, 1.807) is 23.7 Å². The van der Waals surface area contributed by atoms with Crippen molar-refractivity contribution in [2.24, 2.45) is 0 Å². The fourth-order valence-corrected chi connectivity index (χ4v) is 4.88. The van der Waals surface area contributed by atoms with Gasteiger partial charge in [-0.1, -0.05) is 0 Å². The molecule has 10 heteroatoms. The van der Waals surface area contributed by atoms with E-state index in [1.165, 1.54) is 25.1 Å². The smallest absolute Gasteiger partial charge is 0.262 e. The number of nitrogens with one attached hydrogen (secondary N) is 2. The lowest BCUT2D eigenvalue weighted by molar-refractivity contribution is 0.102. The van der Waals surface area contributed by atoms with Gasteiger partial charge >= 0.3 is 0 Å². The van der Waals surface area contributed by atoms with Gasteiger partial charge in [0.2, 0.25) is 11.8 Å². The lowest BCUT2D eigenvalue weighted by atomic mass is 9.99. The Morgan fingerprint density at radius 2 is 2.06 bits per heavy atom. The highest BCUT2D eigenvalue weighted by atomic mass is 19.1. The van der Waals surface area contributed by atoms with Crippen LogP contribution in [0, 0.1) is 12.7 Å². The monoisotopic (exact) mass is 453 g/mol. The first-order valence-electron chi connectivity index (χ1n) is 11.4. The van der Waals surface area contributed by atoms with Gasteiger partial charge in [-0.3, -0.25) is 4.79 Å². The van der Waals surface area contributed by atoms with Crippen molar-refractivity contribution < 1.29 is 13.9 Å². The number of hydrogen-bond donors (Lipinski definition) is 2.